The van der Waals surface area contributed by atoms with Gasteiger partial charge in [-0.05, 0) is 57.4 Å². The van der Waals surface area contributed by atoms with Crippen LogP contribution in [0.25, 0.3) is 119 Å². The summed E-state index contributed by atoms with van der Waals surface area (Å²) in [5.41, 5.74) is 18.6. The molecule has 2 N–H and O–H groups in total. The average molecular weight is 1190 g/mol. The highest BCUT2D eigenvalue weighted by Gasteiger charge is 2.41. The minimum Gasteiger partial charge on any atom is -0.423 e. The first-order chi connectivity index (χ1) is 40.9. The van der Waals surface area contributed by atoms with Gasteiger partial charge in [0, 0.05) is 94.8 Å². The van der Waals surface area contributed by atoms with E-state index >= 15 is 0 Å². The van der Waals surface area contributed by atoms with Crippen molar-refractivity contribution in [2.75, 3.05) is 0 Å². The molecule has 0 fully saturated rings. The first-order valence-electron chi connectivity index (χ1n) is 28.1. The number of hydrogen-bond donors (Lipinski definition) is 2. The van der Waals surface area contributed by atoms with Crippen LogP contribution in [0.15, 0.2) is 247 Å². The Hall–Kier alpha value is -8.74. The Balaban J connectivity index is 0.000000123. The molecule has 4 aromatic heterocycles. The second-order valence-corrected chi connectivity index (χ2v) is 25.4. The molecule has 404 valence electrons. The third-order valence-electron chi connectivity index (χ3n) is 16.5. The van der Waals surface area contributed by atoms with Gasteiger partial charge in [0.25, 0.3) is 0 Å². The van der Waals surface area contributed by atoms with E-state index in [9.17, 15) is 10.0 Å². The van der Waals surface area contributed by atoms with Crippen molar-refractivity contribution in [3.05, 3.63) is 269 Å². The molecule has 4 heterocycles. The van der Waals surface area contributed by atoms with E-state index in [1.54, 1.807) is 17.4 Å². The summed E-state index contributed by atoms with van der Waals surface area (Å²) >= 11 is 6.98. The van der Waals surface area contributed by atoms with Crippen molar-refractivity contribution < 1.29 is 10.0 Å². The number of benzene rings is 10. The van der Waals surface area contributed by atoms with Gasteiger partial charge in [0.05, 0.1) is 22.8 Å². The number of nitrogens with zero attached hydrogens (tertiary/aromatic N) is 4. The summed E-state index contributed by atoms with van der Waals surface area (Å²) in [4.78, 5) is 20.6. The van der Waals surface area contributed by atoms with Gasteiger partial charge in [-0.3, -0.25) is 0 Å². The topological polar surface area (TPSA) is 92.0 Å². The van der Waals surface area contributed by atoms with E-state index in [2.05, 4.69) is 232 Å². The zero-order valence-electron chi connectivity index (χ0n) is 46.5. The van der Waals surface area contributed by atoms with Crippen LogP contribution in [0.4, 0.5) is 0 Å². The fraction of sp³-hybridized carbons (Fsp3) is 0.0811. The third kappa shape index (κ3) is 9.26. The molecule has 0 aliphatic heterocycles. The van der Waals surface area contributed by atoms with E-state index in [0.717, 1.165) is 71.2 Å². The largest absolute Gasteiger partial charge is 0.489 e. The quantitative estimate of drug-likeness (QED) is 0.161. The Labute approximate surface area is 504 Å². The summed E-state index contributed by atoms with van der Waals surface area (Å²) in [6, 6.07) is 84.2. The summed E-state index contributed by atoms with van der Waals surface area (Å²) in [5.74, 6) is 1.52. The van der Waals surface area contributed by atoms with Crippen LogP contribution in [0, 0.1) is 0 Å². The Morgan fingerprint density at radius 3 is 1.24 bits per heavy atom. The van der Waals surface area contributed by atoms with E-state index < -0.39 is 7.12 Å². The van der Waals surface area contributed by atoms with Crippen LogP contribution in [-0.2, 0) is 10.8 Å². The Bertz CT molecular complexity index is 4830. The van der Waals surface area contributed by atoms with Crippen LogP contribution in [0.1, 0.15) is 49.9 Å². The lowest BCUT2D eigenvalue weighted by atomic mass is 9.80. The Morgan fingerprint density at radius 1 is 0.345 bits per heavy atom. The monoisotopic (exact) mass is 1180 g/mol. The molecule has 2 aliphatic carbocycles. The van der Waals surface area contributed by atoms with Crippen LogP contribution in [0.2, 0.25) is 0 Å². The van der Waals surface area contributed by atoms with Gasteiger partial charge in [0.2, 0.25) is 0 Å². The van der Waals surface area contributed by atoms with Crippen molar-refractivity contribution in [3.63, 3.8) is 0 Å². The van der Waals surface area contributed by atoms with Gasteiger partial charge < -0.3 is 10.0 Å². The minimum absolute atomic E-state index is 0.144. The molecule has 0 amide bonds. The molecule has 0 atom stereocenters. The second-order valence-electron chi connectivity index (χ2n) is 22.4. The Morgan fingerprint density at radius 2 is 0.726 bits per heavy atom. The predicted molar refractivity (Wildman–Crippen MR) is 356 cm³/mol. The second kappa shape index (κ2) is 21.5. The fourth-order valence-electron chi connectivity index (χ4n) is 12.4. The maximum atomic E-state index is 9.31. The average Bonchev–Trinajstić information content (AvgIpc) is 2.53. The van der Waals surface area contributed by atoms with Gasteiger partial charge in [-0.25, -0.2) is 19.9 Å². The zero-order chi connectivity index (χ0) is 57.3. The zero-order valence-corrected chi connectivity index (χ0v) is 49.8. The molecule has 0 unspecified atom stereocenters. The molecule has 10 aromatic carbocycles. The SMILES string of the molecule is CC1(C)c2ccccc2-c2nc(-c3ccc(-c4cccc5c4sc4ccccc45)cc3)nc(-c3ccccc3)c21.CC1(C)c2ccccc2-c2nc(-c3ccc(Br)cc3)nc(-c3ccccc3)c21.OB(O)c1cccc2c1sc1ccccc12. The number of hydrogen-bond acceptors (Lipinski definition) is 8. The number of aromatic nitrogens is 4. The molecule has 0 saturated heterocycles. The molecule has 14 aromatic rings. The van der Waals surface area contributed by atoms with Crippen LogP contribution in [-0.4, -0.2) is 37.1 Å². The van der Waals surface area contributed by atoms with Crippen molar-refractivity contribution in [3.8, 4) is 78.9 Å². The van der Waals surface area contributed by atoms with Crippen molar-refractivity contribution in [1.29, 1.82) is 0 Å². The molecule has 0 radical (unpaired) electrons. The molecule has 0 saturated carbocycles. The fourth-order valence-corrected chi connectivity index (χ4v) is 15.2. The van der Waals surface area contributed by atoms with Gasteiger partial charge in [-0.1, -0.05) is 262 Å². The lowest BCUT2D eigenvalue weighted by Gasteiger charge is -2.23. The smallest absolute Gasteiger partial charge is 0.423 e. The Kier molecular flexibility index (Phi) is 13.6. The molecular weight excluding hydrogens is 1130 g/mol. The highest BCUT2D eigenvalue weighted by molar-refractivity contribution is 9.10. The van der Waals surface area contributed by atoms with Crippen molar-refractivity contribution in [1.82, 2.24) is 19.9 Å². The lowest BCUT2D eigenvalue weighted by Crippen LogP contribution is -2.29. The van der Waals surface area contributed by atoms with E-state index in [-0.39, 0.29) is 10.8 Å². The minimum atomic E-state index is -1.41. The molecule has 0 bridgehead atoms. The number of halogens is 1. The maximum Gasteiger partial charge on any atom is 0.489 e. The van der Waals surface area contributed by atoms with Gasteiger partial charge in [-0.2, -0.15) is 0 Å². The lowest BCUT2D eigenvalue weighted by molar-refractivity contribution is 0.426. The molecule has 16 rings (SSSR count). The van der Waals surface area contributed by atoms with E-state index in [1.807, 2.05) is 59.9 Å². The first kappa shape index (κ1) is 53.3. The van der Waals surface area contributed by atoms with Gasteiger partial charge in [0.1, 0.15) is 0 Å². The molecule has 6 nitrogen and oxygen atoms in total. The number of thiophene rings is 2. The standard InChI is InChI=1S/C37H26N2S.C25H19BrN2.C12H9BO2S/c1-37(2)30-17-8-6-14-29(30)34-32(37)33(24-11-4-3-5-12-24)38-36(39-34)25-21-19-23(20-22-25)26-15-10-16-28-27-13-7-9-18-31(27)40-35(26)28;1-25(2)20-11-7-6-10-19(20)23-21(25)22(16-8-4-3-5-9-16)27-24(28-23)17-12-14-18(26)15-13-17;14-13(15)10-6-3-5-9-8-4-1-2-7-11(8)16-12(9)10/h3-22H,1-2H3;3-15H,1-2H3;1-7,14-15H. The molecule has 2 aliphatic rings. The summed E-state index contributed by atoms with van der Waals surface area (Å²) < 4.78 is 5.83. The molecule has 10 heteroatoms. The predicted octanol–water partition coefficient (Wildman–Crippen LogP) is 18.8. The summed E-state index contributed by atoms with van der Waals surface area (Å²) in [6.07, 6.45) is 0. The highest BCUT2D eigenvalue weighted by atomic mass is 79.9. The summed E-state index contributed by atoms with van der Waals surface area (Å²) in [5, 5.41) is 23.5. The van der Waals surface area contributed by atoms with Gasteiger partial charge in [0.15, 0.2) is 11.6 Å². The normalized spacial score (nSPS) is 13.1. The van der Waals surface area contributed by atoms with Crippen LogP contribution < -0.4 is 5.46 Å². The number of fused-ring (bicyclic) bond motifs is 12. The van der Waals surface area contributed by atoms with Crippen LogP contribution in [0.3, 0.4) is 0 Å². The van der Waals surface area contributed by atoms with E-state index in [4.69, 9.17) is 19.9 Å². The van der Waals surface area contributed by atoms with Gasteiger partial charge >= 0.3 is 7.12 Å². The van der Waals surface area contributed by atoms with Crippen molar-refractivity contribution in [2.24, 2.45) is 0 Å². The maximum absolute atomic E-state index is 9.31. The van der Waals surface area contributed by atoms with Crippen LogP contribution in [0.5, 0.6) is 0 Å². The number of rotatable bonds is 6. The summed E-state index contributed by atoms with van der Waals surface area (Å²) in [7, 11) is -1.41. The van der Waals surface area contributed by atoms with E-state index in [1.165, 1.54) is 74.8 Å². The van der Waals surface area contributed by atoms with E-state index in [0.29, 0.717) is 5.46 Å². The third-order valence-corrected chi connectivity index (χ3v) is 19.5. The van der Waals surface area contributed by atoms with Crippen LogP contribution >= 0.6 is 38.6 Å². The molecular formula is C74H54BBrN4O2S2. The summed E-state index contributed by atoms with van der Waals surface area (Å²) in [6.45, 7) is 9.12. The van der Waals surface area contributed by atoms with Crippen molar-refractivity contribution in [2.45, 2.75) is 38.5 Å². The highest BCUT2D eigenvalue weighted by Crippen LogP contribution is 2.53. The molecule has 0 spiro atoms. The molecule has 84 heavy (non-hydrogen) atoms. The van der Waals surface area contributed by atoms with Gasteiger partial charge in [-0.15, -0.1) is 22.7 Å². The first-order valence-corrected chi connectivity index (χ1v) is 30.5. The van der Waals surface area contributed by atoms with Crippen molar-refractivity contribution >= 4 is 91.5 Å².